The van der Waals surface area contributed by atoms with Crippen LogP contribution >= 0.6 is 11.6 Å². The van der Waals surface area contributed by atoms with E-state index in [1.807, 2.05) is 42.5 Å². The highest BCUT2D eigenvalue weighted by molar-refractivity contribution is 6.33. The predicted molar refractivity (Wildman–Crippen MR) is 136 cm³/mol. The number of hydrogen-bond donors (Lipinski definition) is 1. The average Bonchev–Trinajstić information content (AvgIpc) is 3.25. The molecule has 0 spiro atoms. The van der Waals surface area contributed by atoms with Gasteiger partial charge in [0.15, 0.2) is 0 Å². The first-order valence-corrected chi connectivity index (χ1v) is 11.2. The molecule has 4 rings (SSSR count). The molecule has 0 unspecified atom stereocenters. The van der Waals surface area contributed by atoms with Crippen LogP contribution in [0.3, 0.4) is 0 Å². The zero-order chi connectivity index (χ0) is 23.4. The lowest BCUT2D eigenvalue weighted by Crippen LogP contribution is -1.98. The van der Waals surface area contributed by atoms with Gasteiger partial charge in [-0.25, -0.2) is 4.79 Å². The summed E-state index contributed by atoms with van der Waals surface area (Å²) in [6.07, 6.45) is 6.66. The molecule has 0 radical (unpaired) electrons. The zero-order valence-corrected chi connectivity index (χ0v) is 19.4. The van der Waals surface area contributed by atoms with Gasteiger partial charge in [-0.15, -0.1) is 0 Å². The molecule has 3 aromatic rings. The van der Waals surface area contributed by atoms with Crippen LogP contribution in [0.5, 0.6) is 5.75 Å². The maximum atomic E-state index is 10.9. The van der Waals surface area contributed by atoms with Crippen molar-refractivity contribution >= 4 is 40.9 Å². The maximum absolute atomic E-state index is 10.9. The lowest BCUT2D eigenvalue weighted by Gasteiger charge is -2.18. The number of benzene rings is 3. The number of rotatable bonds is 7. The van der Waals surface area contributed by atoms with Crippen molar-refractivity contribution in [1.29, 1.82) is 0 Å². The highest BCUT2D eigenvalue weighted by Gasteiger charge is 2.21. The number of hydrogen-bond acceptors (Lipinski definition) is 2. The summed E-state index contributed by atoms with van der Waals surface area (Å²) in [4.78, 5) is 10.9. The molecule has 1 aliphatic rings. The van der Waals surface area contributed by atoms with Crippen molar-refractivity contribution in [3.05, 3.63) is 111 Å². The Morgan fingerprint density at radius 1 is 1.09 bits per heavy atom. The van der Waals surface area contributed by atoms with E-state index in [0.29, 0.717) is 5.02 Å². The van der Waals surface area contributed by atoms with E-state index in [4.69, 9.17) is 21.4 Å². The van der Waals surface area contributed by atoms with Crippen molar-refractivity contribution in [2.45, 2.75) is 19.8 Å². The number of methoxy groups -OCH3 is 1. The molecule has 3 nitrogen and oxygen atoms in total. The summed E-state index contributed by atoms with van der Waals surface area (Å²) in [5, 5.41) is 9.57. The van der Waals surface area contributed by atoms with E-state index in [9.17, 15) is 4.79 Å². The smallest absolute Gasteiger partial charge is 0.328 e. The molecule has 0 atom stereocenters. The molecule has 1 aliphatic carbocycles. The van der Waals surface area contributed by atoms with Crippen LogP contribution in [0.1, 0.15) is 41.2 Å². The zero-order valence-electron chi connectivity index (χ0n) is 18.6. The van der Waals surface area contributed by atoms with Gasteiger partial charge in [0.2, 0.25) is 0 Å². The lowest BCUT2D eigenvalue weighted by molar-refractivity contribution is -0.131. The van der Waals surface area contributed by atoms with E-state index >= 15 is 0 Å². The summed E-state index contributed by atoms with van der Waals surface area (Å²) in [6, 6.07) is 22.2. The number of carboxylic acid groups (broad SMARTS) is 1. The highest BCUT2D eigenvalue weighted by Crippen LogP contribution is 2.42. The van der Waals surface area contributed by atoms with Crippen molar-refractivity contribution < 1.29 is 14.6 Å². The molecule has 3 aromatic carbocycles. The quantitative estimate of drug-likeness (QED) is 0.297. The van der Waals surface area contributed by atoms with Gasteiger partial charge in [0.25, 0.3) is 0 Å². The van der Waals surface area contributed by atoms with Gasteiger partial charge in [0, 0.05) is 6.08 Å². The van der Waals surface area contributed by atoms with Gasteiger partial charge < -0.3 is 9.84 Å². The number of halogens is 1. The first-order valence-electron chi connectivity index (χ1n) is 10.9. The summed E-state index contributed by atoms with van der Waals surface area (Å²) in [6.45, 7) is 2.14. The minimum Gasteiger partial charge on any atom is -0.497 e. The first-order chi connectivity index (χ1) is 16.0. The average molecular weight is 457 g/mol. The summed E-state index contributed by atoms with van der Waals surface area (Å²) in [5.74, 6) is -0.237. The topological polar surface area (TPSA) is 46.5 Å². The molecular weight excluding hydrogens is 432 g/mol. The van der Waals surface area contributed by atoms with Crippen LogP contribution in [0.2, 0.25) is 5.02 Å². The first kappa shape index (κ1) is 22.6. The molecule has 0 bridgehead atoms. The SMILES string of the molecule is CC/C(=C(\C1=Cc2ccccc2C1)c1ccc(/C=C/C(=O)O)cc1)c1ccc(OC)cc1Cl. The number of carboxylic acids is 1. The Hall–Kier alpha value is -3.56. The third-order valence-electron chi connectivity index (χ3n) is 5.86. The third kappa shape index (κ3) is 4.94. The Kier molecular flexibility index (Phi) is 6.81. The van der Waals surface area contributed by atoms with E-state index in [-0.39, 0.29) is 0 Å². The molecule has 4 heteroatoms. The third-order valence-corrected chi connectivity index (χ3v) is 6.17. The minimum atomic E-state index is -0.962. The molecule has 0 aromatic heterocycles. The standard InChI is InChI=1S/C29H25ClO3/c1-3-25(26-14-13-24(33-2)18-27(26)30)29(23-16-21-6-4-5-7-22(21)17-23)20-11-8-19(9-12-20)10-15-28(31)32/h4-16,18H,3,17H2,1-2H3,(H,31,32)/b15-10+,29-25+. The van der Waals surface area contributed by atoms with E-state index < -0.39 is 5.97 Å². The van der Waals surface area contributed by atoms with Gasteiger partial charge in [-0.05, 0) is 81.7 Å². The van der Waals surface area contributed by atoms with Gasteiger partial charge in [-0.1, -0.05) is 73.1 Å². The Labute approximate surface area is 199 Å². The second-order valence-corrected chi connectivity index (χ2v) is 8.30. The fraction of sp³-hybridized carbons (Fsp3) is 0.138. The number of carbonyl (C=O) groups is 1. The van der Waals surface area contributed by atoms with Gasteiger partial charge in [-0.3, -0.25) is 0 Å². The summed E-state index contributed by atoms with van der Waals surface area (Å²) in [5.41, 5.74) is 9.01. The monoisotopic (exact) mass is 456 g/mol. The number of aliphatic carboxylic acids is 1. The summed E-state index contributed by atoms with van der Waals surface area (Å²) in [7, 11) is 1.63. The predicted octanol–water partition coefficient (Wildman–Crippen LogP) is 7.41. The van der Waals surface area contributed by atoms with Crippen LogP contribution in [0.25, 0.3) is 23.3 Å². The van der Waals surface area contributed by atoms with Crippen molar-refractivity contribution in [2.24, 2.45) is 0 Å². The molecule has 0 amide bonds. The van der Waals surface area contributed by atoms with Crippen LogP contribution in [-0.4, -0.2) is 18.2 Å². The van der Waals surface area contributed by atoms with Gasteiger partial charge in [0.1, 0.15) is 5.75 Å². The van der Waals surface area contributed by atoms with Gasteiger partial charge >= 0.3 is 5.97 Å². The molecule has 0 aliphatic heterocycles. The Morgan fingerprint density at radius 3 is 2.48 bits per heavy atom. The van der Waals surface area contributed by atoms with Crippen molar-refractivity contribution in [2.75, 3.05) is 7.11 Å². The van der Waals surface area contributed by atoms with Gasteiger partial charge in [0.05, 0.1) is 12.1 Å². The largest absolute Gasteiger partial charge is 0.497 e. The van der Waals surface area contributed by atoms with Gasteiger partial charge in [-0.2, -0.15) is 0 Å². The molecule has 166 valence electrons. The summed E-state index contributed by atoms with van der Waals surface area (Å²) < 4.78 is 5.34. The lowest BCUT2D eigenvalue weighted by atomic mass is 9.87. The van der Waals surface area contributed by atoms with E-state index in [1.165, 1.54) is 16.7 Å². The van der Waals surface area contributed by atoms with Crippen LogP contribution in [0.15, 0.2) is 78.4 Å². The number of allylic oxidation sites excluding steroid dienone is 3. The second kappa shape index (κ2) is 9.93. The number of ether oxygens (including phenoxy) is 1. The molecule has 0 saturated heterocycles. The molecule has 0 heterocycles. The van der Waals surface area contributed by atoms with E-state index in [1.54, 1.807) is 13.2 Å². The molecular formula is C29H25ClO3. The highest BCUT2D eigenvalue weighted by atomic mass is 35.5. The van der Waals surface area contributed by atoms with Crippen molar-refractivity contribution in [3.8, 4) is 5.75 Å². The Morgan fingerprint density at radius 2 is 1.85 bits per heavy atom. The van der Waals surface area contributed by atoms with Crippen molar-refractivity contribution in [3.63, 3.8) is 0 Å². The van der Waals surface area contributed by atoms with E-state index in [0.717, 1.165) is 52.5 Å². The molecule has 0 saturated carbocycles. The molecule has 33 heavy (non-hydrogen) atoms. The molecule has 0 fully saturated rings. The van der Waals surface area contributed by atoms with Crippen molar-refractivity contribution in [1.82, 2.24) is 0 Å². The van der Waals surface area contributed by atoms with Crippen LogP contribution in [-0.2, 0) is 11.2 Å². The second-order valence-electron chi connectivity index (χ2n) is 7.89. The van der Waals surface area contributed by atoms with E-state index in [2.05, 4.69) is 37.3 Å². The Bertz CT molecular complexity index is 1280. The normalized spacial score (nSPS) is 13.5. The minimum absolute atomic E-state index is 0.654. The Balaban J connectivity index is 1.87. The van der Waals surface area contributed by atoms with Crippen LogP contribution in [0, 0.1) is 0 Å². The fourth-order valence-electron chi connectivity index (χ4n) is 4.29. The van der Waals surface area contributed by atoms with Crippen LogP contribution < -0.4 is 4.74 Å². The van der Waals surface area contributed by atoms with Crippen LogP contribution in [0.4, 0.5) is 0 Å². The summed E-state index contributed by atoms with van der Waals surface area (Å²) >= 11 is 6.71. The number of fused-ring (bicyclic) bond motifs is 1. The molecule has 1 N–H and O–H groups in total. The maximum Gasteiger partial charge on any atom is 0.328 e. The fourth-order valence-corrected chi connectivity index (χ4v) is 4.58.